The number of nitrogens with zero attached hydrogens (tertiary/aromatic N) is 1. The molecule has 0 unspecified atom stereocenters. The molecule has 27 heavy (non-hydrogen) atoms. The van der Waals surface area contributed by atoms with E-state index in [1.165, 1.54) is 12.2 Å². The van der Waals surface area contributed by atoms with Gasteiger partial charge in [0.05, 0.1) is 21.3 Å². The molecule has 2 aromatic carbocycles. The number of hydroxylamine groups is 2. The molecule has 0 saturated heterocycles. The van der Waals surface area contributed by atoms with Gasteiger partial charge in [-0.1, -0.05) is 24.3 Å². The highest BCUT2D eigenvalue weighted by molar-refractivity contribution is 6.03. The summed E-state index contributed by atoms with van der Waals surface area (Å²) in [4.78, 5) is 20.9. The first-order chi connectivity index (χ1) is 13.1. The molecule has 0 aliphatic carbocycles. The minimum atomic E-state index is -0.261. The number of hydrogen-bond acceptors (Lipinski definition) is 4. The Morgan fingerprint density at radius 3 is 1.85 bits per heavy atom. The number of carbonyl (C=O) groups is 1. The van der Waals surface area contributed by atoms with Gasteiger partial charge in [0, 0.05) is 24.4 Å². The van der Waals surface area contributed by atoms with E-state index in [-0.39, 0.29) is 5.91 Å². The standard InChI is InChI=1S/C21H22N2O4/c1-23(27-4)21(24)20-19(15-7-11-17(26-3)12-8-15)18(13-22-20)14-5-9-16(25-2)10-6-14/h5-13,22H,1-4H3. The minimum absolute atomic E-state index is 0.261. The molecule has 1 N–H and O–H groups in total. The van der Waals surface area contributed by atoms with Gasteiger partial charge in [0.25, 0.3) is 5.91 Å². The SMILES string of the molecule is COc1ccc(-c2c[nH]c(C(=O)N(C)OC)c2-c2ccc(OC)cc2)cc1. The van der Waals surface area contributed by atoms with Crippen molar-refractivity contribution in [1.29, 1.82) is 0 Å². The number of rotatable bonds is 6. The van der Waals surface area contributed by atoms with E-state index in [1.54, 1.807) is 21.3 Å². The van der Waals surface area contributed by atoms with Gasteiger partial charge < -0.3 is 14.5 Å². The number of methoxy groups -OCH3 is 2. The van der Waals surface area contributed by atoms with E-state index in [4.69, 9.17) is 14.3 Å². The highest BCUT2D eigenvalue weighted by atomic mass is 16.7. The number of H-pyrrole nitrogens is 1. The summed E-state index contributed by atoms with van der Waals surface area (Å²) < 4.78 is 10.5. The molecule has 0 aliphatic heterocycles. The second kappa shape index (κ2) is 7.97. The summed E-state index contributed by atoms with van der Waals surface area (Å²) in [5.41, 5.74) is 4.04. The Bertz CT molecular complexity index is 914. The predicted octanol–water partition coefficient (Wildman–Crippen LogP) is 4.00. The molecule has 140 valence electrons. The Kier molecular flexibility index (Phi) is 5.47. The molecule has 0 saturated carbocycles. The van der Waals surface area contributed by atoms with Crippen LogP contribution in [0.1, 0.15) is 10.5 Å². The molecule has 1 amide bonds. The summed E-state index contributed by atoms with van der Waals surface area (Å²) in [5, 5.41) is 1.19. The van der Waals surface area contributed by atoms with Crippen LogP contribution in [-0.4, -0.2) is 44.3 Å². The largest absolute Gasteiger partial charge is 0.497 e. The van der Waals surface area contributed by atoms with Crippen molar-refractivity contribution in [2.45, 2.75) is 0 Å². The minimum Gasteiger partial charge on any atom is -0.497 e. The third-order valence-corrected chi connectivity index (χ3v) is 4.43. The summed E-state index contributed by atoms with van der Waals surface area (Å²) in [6.45, 7) is 0. The number of nitrogens with one attached hydrogen (secondary N) is 1. The number of carbonyl (C=O) groups excluding carboxylic acids is 1. The molecular formula is C21H22N2O4. The van der Waals surface area contributed by atoms with Crippen molar-refractivity contribution in [3.05, 3.63) is 60.4 Å². The Morgan fingerprint density at radius 2 is 1.37 bits per heavy atom. The van der Waals surface area contributed by atoms with Gasteiger partial charge in [-0.15, -0.1) is 0 Å². The summed E-state index contributed by atoms with van der Waals surface area (Å²) in [5.74, 6) is 1.26. The quantitative estimate of drug-likeness (QED) is 0.670. The Hall–Kier alpha value is -3.25. The Morgan fingerprint density at radius 1 is 0.852 bits per heavy atom. The first-order valence-corrected chi connectivity index (χ1v) is 8.41. The lowest BCUT2D eigenvalue weighted by Gasteiger charge is -2.15. The molecule has 0 bridgehead atoms. The number of benzene rings is 2. The van der Waals surface area contributed by atoms with Crippen molar-refractivity contribution in [3.63, 3.8) is 0 Å². The number of hydrogen-bond donors (Lipinski definition) is 1. The van der Waals surface area contributed by atoms with Crippen LogP contribution in [0.3, 0.4) is 0 Å². The first kappa shape index (κ1) is 18.5. The normalized spacial score (nSPS) is 10.5. The van der Waals surface area contributed by atoms with Gasteiger partial charge in [0.15, 0.2) is 0 Å². The van der Waals surface area contributed by atoms with Crippen LogP contribution in [0.25, 0.3) is 22.3 Å². The molecule has 0 atom stereocenters. The van der Waals surface area contributed by atoms with Crippen LogP contribution in [-0.2, 0) is 4.84 Å². The zero-order chi connectivity index (χ0) is 19.4. The van der Waals surface area contributed by atoms with Gasteiger partial charge >= 0.3 is 0 Å². The van der Waals surface area contributed by atoms with E-state index < -0.39 is 0 Å². The van der Waals surface area contributed by atoms with E-state index in [1.807, 2.05) is 54.7 Å². The lowest BCUT2D eigenvalue weighted by Crippen LogP contribution is -2.26. The van der Waals surface area contributed by atoms with Crippen molar-refractivity contribution in [2.75, 3.05) is 28.4 Å². The Labute approximate surface area is 158 Å². The monoisotopic (exact) mass is 366 g/mol. The molecule has 0 spiro atoms. The fourth-order valence-corrected chi connectivity index (χ4v) is 2.89. The number of ether oxygens (including phenoxy) is 2. The van der Waals surface area contributed by atoms with Crippen LogP contribution in [0.4, 0.5) is 0 Å². The van der Waals surface area contributed by atoms with Crippen molar-refractivity contribution in [2.24, 2.45) is 0 Å². The van der Waals surface area contributed by atoms with Crippen molar-refractivity contribution in [3.8, 4) is 33.8 Å². The van der Waals surface area contributed by atoms with Crippen molar-refractivity contribution < 1.29 is 19.1 Å². The fraction of sp³-hybridized carbons (Fsp3) is 0.190. The number of amides is 1. The Balaban J connectivity index is 2.15. The number of aromatic amines is 1. The second-order valence-electron chi connectivity index (χ2n) is 5.89. The van der Waals surface area contributed by atoms with Crippen LogP contribution >= 0.6 is 0 Å². The van der Waals surface area contributed by atoms with Gasteiger partial charge in [-0.25, -0.2) is 5.06 Å². The van der Waals surface area contributed by atoms with E-state index >= 15 is 0 Å². The predicted molar refractivity (Wildman–Crippen MR) is 104 cm³/mol. The smallest absolute Gasteiger partial charge is 0.294 e. The van der Waals surface area contributed by atoms with Crippen molar-refractivity contribution >= 4 is 5.91 Å². The van der Waals surface area contributed by atoms with E-state index in [0.29, 0.717) is 5.69 Å². The zero-order valence-electron chi connectivity index (χ0n) is 15.8. The van der Waals surface area contributed by atoms with Crippen LogP contribution in [0.2, 0.25) is 0 Å². The average Bonchev–Trinajstić information content (AvgIpc) is 3.17. The third-order valence-electron chi connectivity index (χ3n) is 4.43. The van der Waals surface area contributed by atoms with E-state index in [0.717, 1.165) is 33.8 Å². The van der Waals surface area contributed by atoms with Gasteiger partial charge in [-0.2, -0.15) is 0 Å². The highest BCUT2D eigenvalue weighted by Crippen LogP contribution is 2.37. The molecule has 1 aromatic heterocycles. The molecule has 0 fully saturated rings. The topological polar surface area (TPSA) is 63.8 Å². The maximum atomic E-state index is 12.8. The fourth-order valence-electron chi connectivity index (χ4n) is 2.89. The summed E-state index contributed by atoms with van der Waals surface area (Å²) in [7, 11) is 6.29. The van der Waals surface area contributed by atoms with Crippen LogP contribution < -0.4 is 9.47 Å². The van der Waals surface area contributed by atoms with Crippen LogP contribution in [0, 0.1) is 0 Å². The molecule has 0 aliphatic rings. The number of aromatic nitrogens is 1. The van der Waals surface area contributed by atoms with Gasteiger partial charge in [0.1, 0.15) is 17.2 Å². The zero-order valence-corrected chi connectivity index (χ0v) is 15.8. The first-order valence-electron chi connectivity index (χ1n) is 8.41. The molecule has 3 aromatic rings. The maximum Gasteiger partial charge on any atom is 0.294 e. The molecular weight excluding hydrogens is 344 g/mol. The third kappa shape index (κ3) is 3.66. The summed E-state index contributed by atoms with van der Waals surface area (Å²) in [6, 6.07) is 15.3. The average molecular weight is 366 g/mol. The van der Waals surface area contributed by atoms with Gasteiger partial charge in [-0.3, -0.25) is 9.63 Å². The lowest BCUT2D eigenvalue weighted by atomic mass is 9.96. The van der Waals surface area contributed by atoms with Gasteiger partial charge in [0.2, 0.25) is 0 Å². The second-order valence-corrected chi connectivity index (χ2v) is 5.89. The molecule has 6 heteroatoms. The molecule has 6 nitrogen and oxygen atoms in total. The van der Waals surface area contributed by atoms with E-state index in [9.17, 15) is 4.79 Å². The highest BCUT2D eigenvalue weighted by Gasteiger charge is 2.23. The molecule has 0 radical (unpaired) electrons. The maximum absolute atomic E-state index is 12.8. The molecule has 3 rings (SSSR count). The van der Waals surface area contributed by atoms with Crippen molar-refractivity contribution in [1.82, 2.24) is 10.0 Å². The molecule has 1 heterocycles. The van der Waals surface area contributed by atoms with Crippen LogP contribution in [0.5, 0.6) is 11.5 Å². The lowest BCUT2D eigenvalue weighted by molar-refractivity contribution is -0.0759. The van der Waals surface area contributed by atoms with Gasteiger partial charge in [-0.05, 0) is 35.4 Å². The van der Waals surface area contributed by atoms with Crippen LogP contribution in [0.15, 0.2) is 54.7 Å². The summed E-state index contributed by atoms with van der Waals surface area (Å²) >= 11 is 0. The van der Waals surface area contributed by atoms with E-state index in [2.05, 4.69) is 4.98 Å². The summed E-state index contributed by atoms with van der Waals surface area (Å²) in [6.07, 6.45) is 1.83.